The zero-order valence-corrected chi connectivity index (χ0v) is 18.3. The number of likely N-dealkylation sites (N-methyl/N-ethyl adjacent to an activating group) is 1. The Balaban J connectivity index is 1.93. The van der Waals surface area contributed by atoms with Crippen LogP contribution in [-0.4, -0.2) is 42.5 Å². The Morgan fingerprint density at radius 3 is 2.39 bits per heavy atom. The van der Waals surface area contributed by atoms with Crippen molar-refractivity contribution in [1.82, 2.24) is 10.2 Å². The van der Waals surface area contributed by atoms with Crippen molar-refractivity contribution < 1.29 is 14.3 Å². The van der Waals surface area contributed by atoms with E-state index in [0.29, 0.717) is 28.8 Å². The highest BCUT2D eigenvalue weighted by molar-refractivity contribution is 9.10. The molecule has 0 atom stereocenters. The van der Waals surface area contributed by atoms with Gasteiger partial charge in [0.05, 0.1) is 17.5 Å². The predicted octanol–water partition coefficient (Wildman–Crippen LogP) is 3.61. The summed E-state index contributed by atoms with van der Waals surface area (Å²) >= 11 is 8.60. The van der Waals surface area contributed by atoms with Crippen molar-refractivity contribution in [2.45, 2.75) is 13.3 Å². The lowest BCUT2D eigenvalue weighted by molar-refractivity contribution is -0.127. The lowest BCUT2D eigenvalue weighted by Gasteiger charge is -2.12. The van der Waals surface area contributed by atoms with Crippen LogP contribution in [0.4, 0.5) is 5.69 Å². The van der Waals surface area contributed by atoms with Crippen LogP contribution in [0.3, 0.4) is 0 Å². The third-order valence-corrected chi connectivity index (χ3v) is 4.61. The minimum Gasteiger partial charge on any atom is -0.493 e. The van der Waals surface area contributed by atoms with Crippen LogP contribution in [0.25, 0.3) is 0 Å². The summed E-state index contributed by atoms with van der Waals surface area (Å²) in [5.74, 6) is 0.382. The number of hydrogen-bond donors (Lipinski definition) is 2. The molecule has 0 aromatic heterocycles. The summed E-state index contributed by atoms with van der Waals surface area (Å²) in [4.78, 5) is 25.7. The average molecular weight is 464 g/mol. The van der Waals surface area contributed by atoms with Gasteiger partial charge in [0, 0.05) is 25.3 Å². The van der Waals surface area contributed by atoms with Crippen LogP contribution in [-0.2, 0) is 11.2 Å². The van der Waals surface area contributed by atoms with Crippen LogP contribution in [0.1, 0.15) is 22.8 Å². The van der Waals surface area contributed by atoms with E-state index in [1.807, 2.05) is 31.2 Å². The first-order chi connectivity index (χ1) is 13.3. The number of amides is 2. The number of halogens is 1. The highest BCUT2D eigenvalue weighted by Crippen LogP contribution is 2.26. The van der Waals surface area contributed by atoms with Gasteiger partial charge in [0.1, 0.15) is 5.75 Å². The molecule has 0 aliphatic rings. The van der Waals surface area contributed by atoms with Crippen LogP contribution in [0, 0.1) is 0 Å². The monoisotopic (exact) mass is 463 g/mol. The summed E-state index contributed by atoms with van der Waals surface area (Å²) in [5.41, 5.74) is 2.08. The van der Waals surface area contributed by atoms with Gasteiger partial charge in [-0.25, -0.2) is 0 Å². The second-order valence-electron chi connectivity index (χ2n) is 6.15. The highest BCUT2D eigenvalue weighted by Gasteiger charge is 2.11. The Kier molecular flexibility index (Phi) is 7.95. The molecule has 2 aromatic carbocycles. The van der Waals surface area contributed by atoms with E-state index < -0.39 is 0 Å². The highest BCUT2D eigenvalue weighted by atomic mass is 79.9. The van der Waals surface area contributed by atoms with Gasteiger partial charge in [-0.3, -0.25) is 14.9 Å². The fourth-order valence-electron chi connectivity index (χ4n) is 2.29. The van der Waals surface area contributed by atoms with Gasteiger partial charge in [-0.1, -0.05) is 12.1 Å². The van der Waals surface area contributed by atoms with Crippen LogP contribution in [0.2, 0.25) is 0 Å². The molecule has 2 amide bonds. The van der Waals surface area contributed by atoms with Crippen molar-refractivity contribution in [1.29, 1.82) is 0 Å². The predicted molar refractivity (Wildman–Crippen MR) is 118 cm³/mol. The molecule has 28 heavy (non-hydrogen) atoms. The van der Waals surface area contributed by atoms with Crippen molar-refractivity contribution in [3.63, 3.8) is 0 Å². The summed E-state index contributed by atoms with van der Waals surface area (Å²) in [5, 5.41) is 5.79. The Hall–Kier alpha value is -2.45. The van der Waals surface area contributed by atoms with Gasteiger partial charge in [0.25, 0.3) is 5.91 Å². The maximum Gasteiger partial charge on any atom is 0.257 e. The number of thiocarbonyl (C=S) groups is 1. The van der Waals surface area contributed by atoms with Gasteiger partial charge in [-0.15, -0.1) is 0 Å². The number of hydrogen-bond acceptors (Lipinski definition) is 4. The van der Waals surface area contributed by atoms with Gasteiger partial charge in [0.15, 0.2) is 5.11 Å². The Morgan fingerprint density at radius 2 is 1.82 bits per heavy atom. The van der Waals surface area contributed by atoms with Crippen molar-refractivity contribution in [3.05, 3.63) is 58.1 Å². The molecule has 148 valence electrons. The Morgan fingerprint density at radius 1 is 1.14 bits per heavy atom. The topological polar surface area (TPSA) is 70.7 Å². The largest absolute Gasteiger partial charge is 0.493 e. The minimum absolute atomic E-state index is 0.0324. The smallest absolute Gasteiger partial charge is 0.257 e. The first-order valence-electron chi connectivity index (χ1n) is 8.64. The molecule has 2 N–H and O–H groups in total. The molecule has 0 radical (unpaired) electrons. The second-order valence-corrected chi connectivity index (χ2v) is 7.41. The van der Waals surface area contributed by atoms with E-state index in [1.54, 1.807) is 37.2 Å². The van der Waals surface area contributed by atoms with Crippen LogP contribution >= 0.6 is 28.1 Å². The fraction of sp³-hybridized carbons (Fsp3) is 0.250. The molecule has 0 aliphatic heterocycles. The average Bonchev–Trinajstić information content (AvgIpc) is 2.64. The quantitative estimate of drug-likeness (QED) is 0.640. The first-order valence-corrected chi connectivity index (χ1v) is 9.84. The lowest BCUT2D eigenvalue weighted by atomic mass is 10.1. The van der Waals surface area contributed by atoms with E-state index in [1.165, 1.54) is 0 Å². The van der Waals surface area contributed by atoms with Crippen LogP contribution in [0.5, 0.6) is 5.75 Å². The number of benzene rings is 2. The van der Waals surface area contributed by atoms with Gasteiger partial charge < -0.3 is 15.0 Å². The molecular formula is C20H22BrN3O3S. The van der Waals surface area contributed by atoms with E-state index >= 15 is 0 Å². The van der Waals surface area contributed by atoms with Gasteiger partial charge in [0.2, 0.25) is 5.91 Å². The van der Waals surface area contributed by atoms with E-state index in [9.17, 15) is 9.59 Å². The summed E-state index contributed by atoms with van der Waals surface area (Å²) in [6, 6.07) is 12.4. The molecule has 0 spiro atoms. The SMILES string of the molecule is CCOc1ccc(C(=O)NC(=S)Nc2ccc(CC(=O)N(C)C)cc2)cc1Br. The van der Waals surface area contributed by atoms with Gasteiger partial charge in [-0.05, 0) is 71.0 Å². The fourth-order valence-corrected chi connectivity index (χ4v) is 2.99. The number of nitrogens with zero attached hydrogens (tertiary/aromatic N) is 1. The number of carbonyl (C=O) groups excluding carboxylic acids is 2. The summed E-state index contributed by atoms with van der Waals surface area (Å²) in [6.45, 7) is 2.43. The summed E-state index contributed by atoms with van der Waals surface area (Å²) in [6.07, 6.45) is 0.334. The molecule has 0 bridgehead atoms. The van der Waals surface area contributed by atoms with Crippen molar-refractivity contribution in [2.75, 3.05) is 26.0 Å². The maximum atomic E-state index is 12.4. The van der Waals surface area contributed by atoms with Crippen LogP contribution < -0.4 is 15.4 Å². The van der Waals surface area contributed by atoms with E-state index in [2.05, 4.69) is 26.6 Å². The van der Waals surface area contributed by atoms with E-state index in [0.717, 1.165) is 11.3 Å². The number of anilines is 1. The Labute approximate surface area is 178 Å². The van der Waals surface area contributed by atoms with Crippen molar-refractivity contribution >= 4 is 50.8 Å². The normalized spacial score (nSPS) is 10.1. The van der Waals surface area contributed by atoms with Crippen molar-refractivity contribution in [2.24, 2.45) is 0 Å². The maximum absolute atomic E-state index is 12.4. The number of carbonyl (C=O) groups is 2. The number of rotatable bonds is 6. The standard InChI is InChI=1S/C20H22BrN3O3S/c1-4-27-17-10-7-14(12-16(17)21)19(26)23-20(28)22-15-8-5-13(6-9-15)11-18(25)24(2)3/h5-10,12H,4,11H2,1-3H3,(H2,22,23,26,28). The zero-order valence-electron chi connectivity index (χ0n) is 15.9. The Bertz CT molecular complexity index is 869. The van der Waals surface area contributed by atoms with Gasteiger partial charge >= 0.3 is 0 Å². The van der Waals surface area contributed by atoms with E-state index in [-0.39, 0.29) is 16.9 Å². The molecule has 2 aromatic rings. The molecule has 8 heteroatoms. The zero-order chi connectivity index (χ0) is 20.7. The molecule has 2 rings (SSSR count). The third kappa shape index (κ3) is 6.31. The van der Waals surface area contributed by atoms with Crippen molar-refractivity contribution in [3.8, 4) is 5.75 Å². The second kappa shape index (κ2) is 10.2. The molecule has 0 fully saturated rings. The lowest BCUT2D eigenvalue weighted by Crippen LogP contribution is -2.34. The molecule has 0 heterocycles. The molecule has 0 unspecified atom stereocenters. The molecule has 0 saturated carbocycles. The molecular weight excluding hydrogens is 442 g/mol. The third-order valence-electron chi connectivity index (χ3n) is 3.79. The van der Waals surface area contributed by atoms with Crippen LogP contribution in [0.15, 0.2) is 46.9 Å². The molecule has 0 saturated heterocycles. The van der Waals surface area contributed by atoms with E-state index in [4.69, 9.17) is 17.0 Å². The summed E-state index contributed by atoms with van der Waals surface area (Å²) in [7, 11) is 3.45. The first kappa shape index (κ1) is 21.8. The minimum atomic E-state index is -0.325. The number of ether oxygens (including phenoxy) is 1. The molecule has 6 nitrogen and oxygen atoms in total. The van der Waals surface area contributed by atoms with Gasteiger partial charge in [-0.2, -0.15) is 0 Å². The molecule has 0 aliphatic carbocycles. The summed E-state index contributed by atoms with van der Waals surface area (Å²) < 4.78 is 6.14. The number of nitrogens with one attached hydrogen (secondary N) is 2.